The van der Waals surface area contributed by atoms with E-state index in [0.717, 1.165) is 10.0 Å². The van der Waals surface area contributed by atoms with Crippen LogP contribution in [0.2, 0.25) is 0 Å². The SMILES string of the molecule is O=C(Nc1ccc2c(c1)OCO2)[C@@H](Cc1ccccc1)NS(=O)(=O)c1ccc(Br)cc1. The topological polar surface area (TPSA) is 93.7 Å². The summed E-state index contributed by atoms with van der Waals surface area (Å²) < 4.78 is 39.7. The van der Waals surface area contributed by atoms with E-state index in [1.54, 1.807) is 30.3 Å². The van der Waals surface area contributed by atoms with E-state index < -0.39 is 22.0 Å². The Kier molecular flexibility index (Phi) is 6.26. The molecular weight excluding hydrogens is 484 g/mol. The number of benzene rings is 3. The van der Waals surface area contributed by atoms with Crippen molar-refractivity contribution >= 4 is 37.5 Å². The van der Waals surface area contributed by atoms with Crippen LogP contribution in [0.3, 0.4) is 0 Å². The fourth-order valence-electron chi connectivity index (χ4n) is 3.11. The summed E-state index contributed by atoms with van der Waals surface area (Å²) in [5.74, 6) is 0.631. The van der Waals surface area contributed by atoms with Gasteiger partial charge in [0.1, 0.15) is 6.04 Å². The van der Waals surface area contributed by atoms with Gasteiger partial charge in [-0.15, -0.1) is 0 Å². The summed E-state index contributed by atoms with van der Waals surface area (Å²) in [6.45, 7) is 0.121. The Hall–Kier alpha value is -2.88. The quantitative estimate of drug-likeness (QED) is 0.513. The summed E-state index contributed by atoms with van der Waals surface area (Å²) in [5.41, 5.74) is 1.31. The van der Waals surface area contributed by atoms with Gasteiger partial charge in [0.2, 0.25) is 22.7 Å². The summed E-state index contributed by atoms with van der Waals surface area (Å²) in [7, 11) is -3.92. The molecule has 9 heteroatoms. The highest BCUT2D eigenvalue weighted by Gasteiger charge is 2.27. The number of ether oxygens (including phenoxy) is 2. The van der Waals surface area contributed by atoms with Crippen molar-refractivity contribution in [3.63, 3.8) is 0 Å². The van der Waals surface area contributed by atoms with Crippen molar-refractivity contribution < 1.29 is 22.7 Å². The Bertz CT molecular complexity index is 1180. The maximum atomic E-state index is 13.1. The molecule has 0 saturated carbocycles. The number of hydrogen-bond donors (Lipinski definition) is 2. The third-order valence-electron chi connectivity index (χ3n) is 4.66. The predicted octanol–water partition coefficient (Wildman–Crippen LogP) is 3.71. The van der Waals surface area contributed by atoms with Gasteiger partial charge < -0.3 is 14.8 Å². The minimum atomic E-state index is -3.92. The zero-order valence-corrected chi connectivity index (χ0v) is 18.6. The molecule has 1 heterocycles. The van der Waals surface area contributed by atoms with Gasteiger partial charge >= 0.3 is 0 Å². The third kappa shape index (κ3) is 5.25. The van der Waals surface area contributed by atoms with Crippen molar-refractivity contribution in [2.24, 2.45) is 0 Å². The van der Waals surface area contributed by atoms with Gasteiger partial charge in [-0.25, -0.2) is 8.42 Å². The van der Waals surface area contributed by atoms with Gasteiger partial charge in [-0.3, -0.25) is 4.79 Å². The van der Waals surface area contributed by atoms with Gasteiger partial charge in [0, 0.05) is 16.2 Å². The number of carbonyl (C=O) groups is 1. The molecule has 3 aromatic rings. The number of nitrogens with one attached hydrogen (secondary N) is 2. The van der Waals surface area contributed by atoms with Gasteiger partial charge in [0.15, 0.2) is 11.5 Å². The lowest BCUT2D eigenvalue weighted by atomic mass is 10.1. The van der Waals surface area contributed by atoms with Crippen molar-refractivity contribution in [2.75, 3.05) is 12.1 Å². The maximum Gasteiger partial charge on any atom is 0.242 e. The molecule has 0 spiro atoms. The molecule has 1 atom stereocenters. The lowest BCUT2D eigenvalue weighted by Gasteiger charge is -2.19. The Balaban J connectivity index is 1.57. The number of carbonyl (C=O) groups excluding carboxylic acids is 1. The first-order chi connectivity index (χ1) is 14.9. The van der Waals surface area contributed by atoms with E-state index in [9.17, 15) is 13.2 Å². The second kappa shape index (κ2) is 9.09. The molecule has 0 radical (unpaired) electrons. The number of anilines is 1. The number of fused-ring (bicyclic) bond motifs is 1. The van der Waals surface area contributed by atoms with Crippen molar-refractivity contribution in [1.29, 1.82) is 0 Å². The standard InChI is InChI=1S/C22H19BrN2O5S/c23-16-6-9-18(10-7-16)31(27,28)25-19(12-15-4-2-1-3-5-15)22(26)24-17-8-11-20-21(13-17)30-14-29-20/h1-11,13,19,25H,12,14H2,(H,24,26)/t19-/m1/s1. The molecule has 0 fully saturated rings. The lowest BCUT2D eigenvalue weighted by Crippen LogP contribution is -2.45. The lowest BCUT2D eigenvalue weighted by molar-refractivity contribution is -0.117. The fourth-order valence-corrected chi connectivity index (χ4v) is 4.57. The van der Waals surface area contributed by atoms with Crippen LogP contribution in [0.15, 0.2) is 82.2 Å². The average molecular weight is 503 g/mol. The Morgan fingerprint density at radius 3 is 2.42 bits per heavy atom. The molecule has 1 aliphatic rings. The first-order valence-corrected chi connectivity index (χ1v) is 11.7. The second-order valence-electron chi connectivity index (χ2n) is 6.87. The average Bonchev–Trinajstić information content (AvgIpc) is 3.22. The molecule has 3 aromatic carbocycles. The van der Waals surface area contributed by atoms with Gasteiger partial charge in [-0.2, -0.15) is 4.72 Å². The van der Waals surface area contributed by atoms with Crippen LogP contribution >= 0.6 is 15.9 Å². The third-order valence-corrected chi connectivity index (χ3v) is 6.68. The van der Waals surface area contributed by atoms with E-state index in [1.165, 1.54) is 12.1 Å². The van der Waals surface area contributed by atoms with Gasteiger partial charge in [0.05, 0.1) is 4.90 Å². The molecule has 0 aromatic heterocycles. The zero-order chi connectivity index (χ0) is 21.8. The summed E-state index contributed by atoms with van der Waals surface area (Å²) in [5, 5.41) is 2.77. The molecule has 2 N–H and O–H groups in total. The summed E-state index contributed by atoms with van der Waals surface area (Å²) in [6, 6.07) is 19.4. The van der Waals surface area contributed by atoms with E-state index in [1.807, 2.05) is 30.3 Å². The smallest absolute Gasteiger partial charge is 0.242 e. The highest BCUT2D eigenvalue weighted by Crippen LogP contribution is 2.34. The molecular formula is C22H19BrN2O5S. The van der Waals surface area contributed by atoms with E-state index in [2.05, 4.69) is 26.0 Å². The summed E-state index contributed by atoms with van der Waals surface area (Å²) in [4.78, 5) is 13.1. The van der Waals surface area contributed by atoms with E-state index in [0.29, 0.717) is 17.2 Å². The zero-order valence-electron chi connectivity index (χ0n) is 16.2. The monoisotopic (exact) mass is 502 g/mol. The summed E-state index contributed by atoms with van der Waals surface area (Å²) in [6.07, 6.45) is 0.187. The highest BCUT2D eigenvalue weighted by molar-refractivity contribution is 9.10. The summed E-state index contributed by atoms with van der Waals surface area (Å²) >= 11 is 3.29. The number of sulfonamides is 1. The number of hydrogen-bond acceptors (Lipinski definition) is 5. The van der Waals surface area contributed by atoms with Crippen LogP contribution in [0, 0.1) is 0 Å². The Labute approximate surface area is 188 Å². The predicted molar refractivity (Wildman–Crippen MR) is 120 cm³/mol. The molecule has 0 unspecified atom stereocenters. The van der Waals surface area contributed by atoms with Crippen molar-refractivity contribution in [1.82, 2.24) is 4.72 Å². The first-order valence-electron chi connectivity index (χ1n) is 9.43. The van der Waals surface area contributed by atoms with Crippen LogP contribution in [-0.4, -0.2) is 27.2 Å². The molecule has 1 amide bonds. The van der Waals surface area contributed by atoms with Crippen LogP contribution < -0.4 is 19.5 Å². The van der Waals surface area contributed by atoms with Gasteiger partial charge in [-0.05, 0) is 48.4 Å². The van der Waals surface area contributed by atoms with Crippen LogP contribution in [0.5, 0.6) is 11.5 Å². The van der Waals surface area contributed by atoms with E-state index in [-0.39, 0.29) is 18.1 Å². The molecule has 160 valence electrons. The minimum absolute atomic E-state index is 0.0737. The second-order valence-corrected chi connectivity index (χ2v) is 9.50. The van der Waals surface area contributed by atoms with Crippen molar-refractivity contribution in [3.8, 4) is 11.5 Å². The van der Waals surface area contributed by atoms with E-state index >= 15 is 0 Å². The van der Waals surface area contributed by atoms with E-state index in [4.69, 9.17) is 9.47 Å². The first kappa shape index (κ1) is 21.4. The molecule has 0 saturated heterocycles. The maximum absolute atomic E-state index is 13.1. The molecule has 1 aliphatic heterocycles. The molecule has 31 heavy (non-hydrogen) atoms. The molecule has 7 nitrogen and oxygen atoms in total. The van der Waals surface area contributed by atoms with Crippen molar-refractivity contribution in [2.45, 2.75) is 17.4 Å². The Morgan fingerprint density at radius 1 is 0.968 bits per heavy atom. The molecule has 0 bridgehead atoms. The van der Waals surface area contributed by atoms with Gasteiger partial charge in [0.25, 0.3) is 0 Å². The largest absolute Gasteiger partial charge is 0.454 e. The van der Waals surface area contributed by atoms with Crippen LogP contribution in [-0.2, 0) is 21.2 Å². The van der Waals surface area contributed by atoms with Gasteiger partial charge in [-0.1, -0.05) is 46.3 Å². The fraction of sp³-hybridized carbons (Fsp3) is 0.136. The normalized spacial score (nSPS) is 13.6. The molecule has 0 aliphatic carbocycles. The molecule has 4 rings (SSSR count). The Morgan fingerprint density at radius 2 is 1.68 bits per heavy atom. The van der Waals surface area contributed by atoms with Crippen LogP contribution in [0.25, 0.3) is 0 Å². The minimum Gasteiger partial charge on any atom is -0.454 e. The van der Waals surface area contributed by atoms with Crippen LogP contribution in [0.1, 0.15) is 5.56 Å². The number of halogens is 1. The highest BCUT2D eigenvalue weighted by atomic mass is 79.9. The number of rotatable bonds is 7. The number of amides is 1. The van der Waals surface area contributed by atoms with Crippen LogP contribution in [0.4, 0.5) is 5.69 Å². The van der Waals surface area contributed by atoms with Crippen molar-refractivity contribution in [3.05, 3.63) is 82.8 Å².